The minimum absolute atomic E-state index is 0.0664. The molecule has 0 aliphatic rings. The minimum atomic E-state index is -1.30. The highest BCUT2D eigenvalue weighted by Crippen LogP contribution is 2.21. The van der Waals surface area contributed by atoms with Gasteiger partial charge in [0.2, 0.25) is 5.91 Å². The number of nitrogens with one attached hydrogen (secondary N) is 1. The Balaban J connectivity index is 2.11. The van der Waals surface area contributed by atoms with Crippen LogP contribution in [0.2, 0.25) is 0 Å². The lowest BCUT2D eigenvalue weighted by molar-refractivity contribution is -0.148. The van der Waals surface area contributed by atoms with Crippen LogP contribution in [-0.4, -0.2) is 37.2 Å². The SMILES string of the molecule is COC(=O)C(NC(=O)Cc1ccc(F)cc1)C(O)c1ccc(OC)cc1. The third-order valence-electron chi connectivity index (χ3n) is 3.82. The third-order valence-corrected chi connectivity index (χ3v) is 3.82. The monoisotopic (exact) mass is 361 g/mol. The van der Waals surface area contributed by atoms with Crippen LogP contribution in [0.4, 0.5) is 4.39 Å². The van der Waals surface area contributed by atoms with E-state index in [2.05, 4.69) is 10.1 Å². The Hall–Kier alpha value is -2.93. The van der Waals surface area contributed by atoms with Crippen molar-refractivity contribution in [2.75, 3.05) is 14.2 Å². The van der Waals surface area contributed by atoms with Crippen LogP contribution in [0.15, 0.2) is 48.5 Å². The van der Waals surface area contributed by atoms with Crippen LogP contribution in [-0.2, 0) is 20.7 Å². The molecule has 2 N–H and O–H groups in total. The molecule has 2 atom stereocenters. The lowest BCUT2D eigenvalue weighted by Gasteiger charge is -2.22. The summed E-state index contributed by atoms with van der Waals surface area (Å²) in [6, 6.07) is 10.6. The first-order valence-electron chi connectivity index (χ1n) is 7.88. The minimum Gasteiger partial charge on any atom is -0.497 e. The van der Waals surface area contributed by atoms with E-state index < -0.39 is 29.8 Å². The number of methoxy groups -OCH3 is 2. The van der Waals surface area contributed by atoms with Gasteiger partial charge in [0.05, 0.1) is 20.6 Å². The fraction of sp³-hybridized carbons (Fsp3) is 0.263. The summed E-state index contributed by atoms with van der Waals surface area (Å²) in [4.78, 5) is 24.2. The van der Waals surface area contributed by atoms with Crippen LogP contribution < -0.4 is 10.1 Å². The van der Waals surface area contributed by atoms with Crippen LogP contribution in [0.25, 0.3) is 0 Å². The van der Waals surface area contributed by atoms with Crippen LogP contribution in [0.1, 0.15) is 17.2 Å². The predicted octanol–water partition coefficient (Wildman–Crippen LogP) is 1.77. The third kappa shape index (κ3) is 5.03. The van der Waals surface area contributed by atoms with Crippen LogP contribution >= 0.6 is 0 Å². The number of esters is 1. The largest absolute Gasteiger partial charge is 0.497 e. The number of amides is 1. The second kappa shape index (κ2) is 8.96. The molecule has 0 aliphatic heterocycles. The van der Waals surface area contributed by atoms with Gasteiger partial charge in [0, 0.05) is 0 Å². The maximum absolute atomic E-state index is 12.9. The van der Waals surface area contributed by atoms with E-state index in [1.807, 2.05) is 0 Å². The lowest BCUT2D eigenvalue weighted by Crippen LogP contribution is -2.46. The number of rotatable bonds is 7. The van der Waals surface area contributed by atoms with E-state index in [1.54, 1.807) is 24.3 Å². The van der Waals surface area contributed by atoms with E-state index in [1.165, 1.54) is 38.5 Å². The molecule has 2 rings (SSSR count). The molecule has 0 spiro atoms. The number of carbonyl (C=O) groups is 2. The molecule has 0 bridgehead atoms. The zero-order valence-corrected chi connectivity index (χ0v) is 14.4. The van der Waals surface area contributed by atoms with E-state index in [4.69, 9.17) is 4.74 Å². The first-order valence-corrected chi connectivity index (χ1v) is 7.88. The Morgan fingerprint density at radius 2 is 1.69 bits per heavy atom. The Kier molecular flexibility index (Phi) is 6.68. The molecular weight excluding hydrogens is 341 g/mol. The average molecular weight is 361 g/mol. The van der Waals surface area contributed by atoms with Gasteiger partial charge in [-0.1, -0.05) is 24.3 Å². The summed E-state index contributed by atoms with van der Waals surface area (Å²) in [5, 5.41) is 13.0. The predicted molar refractivity (Wildman–Crippen MR) is 92.0 cm³/mol. The highest BCUT2D eigenvalue weighted by Gasteiger charge is 2.30. The number of ether oxygens (including phenoxy) is 2. The summed E-state index contributed by atoms with van der Waals surface area (Å²) in [5.74, 6) is -1.09. The summed E-state index contributed by atoms with van der Waals surface area (Å²) in [6.45, 7) is 0. The van der Waals surface area contributed by atoms with Gasteiger partial charge in [-0.3, -0.25) is 4.79 Å². The molecule has 0 aromatic heterocycles. The lowest BCUT2D eigenvalue weighted by atomic mass is 10.0. The molecule has 2 aromatic carbocycles. The van der Waals surface area contributed by atoms with Crippen molar-refractivity contribution in [3.63, 3.8) is 0 Å². The van der Waals surface area contributed by atoms with Crippen molar-refractivity contribution in [2.24, 2.45) is 0 Å². The Morgan fingerprint density at radius 1 is 1.08 bits per heavy atom. The van der Waals surface area contributed by atoms with Crippen molar-refractivity contribution in [3.8, 4) is 5.75 Å². The molecule has 0 aliphatic carbocycles. The molecule has 1 amide bonds. The van der Waals surface area contributed by atoms with Gasteiger partial charge in [-0.2, -0.15) is 0 Å². The number of aliphatic hydroxyl groups is 1. The Labute approximate surface area is 150 Å². The summed E-state index contributed by atoms with van der Waals surface area (Å²) < 4.78 is 22.7. The van der Waals surface area contributed by atoms with Crippen molar-refractivity contribution in [3.05, 3.63) is 65.5 Å². The summed E-state index contributed by atoms with van der Waals surface area (Å²) in [7, 11) is 2.68. The molecule has 0 saturated heterocycles. The maximum Gasteiger partial charge on any atom is 0.331 e. The summed E-state index contributed by atoms with van der Waals surface area (Å²) in [5.41, 5.74) is 0.995. The summed E-state index contributed by atoms with van der Waals surface area (Å²) >= 11 is 0. The quantitative estimate of drug-likeness (QED) is 0.734. The number of aliphatic hydroxyl groups excluding tert-OH is 1. The number of halogens is 1. The first-order chi connectivity index (χ1) is 12.4. The first kappa shape index (κ1) is 19.4. The standard InChI is InChI=1S/C19H20FNO5/c1-25-15-9-5-13(6-10-15)18(23)17(19(24)26-2)21-16(22)11-12-3-7-14(20)8-4-12/h3-10,17-18,23H,11H2,1-2H3,(H,21,22). The molecule has 138 valence electrons. The molecule has 26 heavy (non-hydrogen) atoms. The van der Waals surface area contributed by atoms with Gasteiger partial charge >= 0.3 is 5.97 Å². The molecule has 0 fully saturated rings. The van der Waals surface area contributed by atoms with Crippen LogP contribution in [0.3, 0.4) is 0 Å². The molecular formula is C19H20FNO5. The van der Waals surface area contributed by atoms with Crippen molar-refractivity contribution in [1.29, 1.82) is 0 Å². The van der Waals surface area contributed by atoms with Gasteiger partial charge in [0.1, 0.15) is 17.7 Å². The number of benzene rings is 2. The van der Waals surface area contributed by atoms with E-state index in [0.717, 1.165) is 0 Å². The van der Waals surface area contributed by atoms with Gasteiger partial charge in [-0.05, 0) is 35.4 Å². The molecule has 0 saturated carbocycles. The molecule has 0 radical (unpaired) electrons. The van der Waals surface area contributed by atoms with E-state index in [-0.39, 0.29) is 6.42 Å². The average Bonchev–Trinajstić information content (AvgIpc) is 2.67. The normalized spacial score (nSPS) is 12.8. The van der Waals surface area contributed by atoms with E-state index in [9.17, 15) is 19.1 Å². The molecule has 7 heteroatoms. The topological polar surface area (TPSA) is 84.9 Å². The highest BCUT2D eigenvalue weighted by molar-refractivity contribution is 5.86. The van der Waals surface area contributed by atoms with Gasteiger partial charge in [0.25, 0.3) is 0 Å². The fourth-order valence-corrected chi connectivity index (χ4v) is 2.40. The van der Waals surface area contributed by atoms with Crippen molar-refractivity contribution < 1.29 is 28.6 Å². The van der Waals surface area contributed by atoms with Gasteiger partial charge < -0.3 is 19.9 Å². The smallest absolute Gasteiger partial charge is 0.331 e. The van der Waals surface area contributed by atoms with Crippen molar-refractivity contribution >= 4 is 11.9 Å². The van der Waals surface area contributed by atoms with Gasteiger partial charge in [-0.15, -0.1) is 0 Å². The van der Waals surface area contributed by atoms with Gasteiger partial charge in [-0.25, -0.2) is 9.18 Å². The van der Waals surface area contributed by atoms with E-state index in [0.29, 0.717) is 16.9 Å². The van der Waals surface area contributed by atoms with Gasteiger partial charge in [0.15, 0.2) is 6.04 Å². The van der Waals surface area contributed by atoms with Crippen molar-refractivity contribution in [1.82, 2.24) is 5.32 Å². The van der Waals surface area contributed by atoms with E-state index >= 15 is 0 Å². The molecule has 0 heterocycles. The molecule has 2 aromatic rings. The number of hydrogen-bond acceptors (Lipinski definition) is 5. The van der Waals surface area contributed by atoms with Crippen LogP contribution in [0, 0.1) is 5.82 Å². The zero-order valence-electron chi connectivity index (χ0n) is 14.4. The van der Waals surface area contributed by atoms with Crippen molar-refractivity contribution in [2.45, 2.75) is 18.6 Å². The summed E-state index contributed by atoms with van der Waals surface area (Å²) in [6.07, 6.45) is -1.37. The molecule has 2 unspecified atom stereocenters. The highest BCUT2D eigenvalue weighted by atomic mass is 19.1. The number of hydrogen-bond donors (Lipinski definition) is 2. The Morgan fingerprint density at radius 3 is 2.23 bits per heavy atom. The molecule has 6 nitrogen and oxygen atoms in total. The fourth-order valence-electron chi connectivity index (χ4n) is 2.40. The zero-order chi connectivity index (χ0) is 19.1. The number of carbonyl (C=O) groups excluding carboxylic acids is 2. The maximum atomic E-state index is 12.9. The van der Waals surface area contributed by atoms with Crippen LogP contribution in [0.5, 0.6) is 5.75 Å². The second-order valence-electron chi connectivity index (χ2n) is 5.59. The second-order valence-corrected chi connectivity index (χ2v) is 5.59. The Bertz CT molecular complexity index is 746.